The van der Waals surface area contributed by atoms with E-state index >= 15 is 0 Å². The van der Waals surface area contributed by atoms with Crippen LogP contribution in [0, 0.1) is 0 Å². The highest BCUT2D eigenvalue weighted by Gasteiger charge is 2.42. The maximum absolute atomic E-state index is 13.6. The molecule has 1 aliphatic carbocycles. The Bertz CT molecular complexity index is 1060. The van der Waals surface area contributed by atoms with Crippen molar-refractivity contribution < 1.29 is 14.4 Å². The number of nitrogens with zero attached hydrogens (tertiary/aromatic N) is 2. The quantitative estimate of drug-likeness (QED) is 0.714. The largest absolute Gasteiger partial charge is 0.349 e. The first-order valence-electron chi connectivity index (χ1n) is 12.2. The van der Waals surface area contributed by atoms with Gasteiger partial charge in [0.1, 0.15) is 6.04 Å². The molecule has 1 saturated heterocycles. The SMILES string of the molecule is O=C(NC1CCCCCC1)c1ccccc1CN1C(=O)[C@H]2CCCN2C(=O)c2ccccc21. The van der Waals surface area contributed by atoms with E-state index in [1.807, 2.05) is 42.5 Å². The Kier molecular flexibility index (Phi) is 6.16. The molecule has 6 nitrogen and oxygen atoms in total. The Morgan fingerprint density at radius 2 is 1.61 bits per heavy atom. The van der Waals surface area contributed by atoms with Crippen LogP contribution in [0.5, 0.6) is 0 Å². The van der Waals surface area contributed by atoms with E-state index in [1.165, 1.54) is 12.8 Å². The van der Waals surface area contributed by atoms with Gasteiger partial charge < -0.3 is 15.1 Å². The summed E-state index contributed by atoms with van der Waals surface area (Å²) in [7, 11) is 0. The fourth-order valence-corrected chi connectivity index (χ4v) is 5.51. The minimum absolute atomic E-state index is 0.0650. The number of benzene rings is 2. The number of hydrogen-bond acceptors (Lipinski definition) is 3. The average molecular weight is 446 g/mol. The van der Waals surface area contributed by atoms with Crippen LogP contribution in [-0.2, 0) is 11.3 Å². The van der Waals surface area contributed by atoms with Gasteiger partial charge in [-0.3, -0.25) is 14.4 Å². The molecule has 3 amide bonds. The maximum atomic E-state index is 13.6. The normalized spacial score (nSPS) is 21.3. The number of nitrogens with one attached hydrogen (secondary N) is 1. The molecular weight excluding hydrogens is 414 g/mol. The Hall–Kier alpha value is -3.15. The minimum atomic E-state index is -0.433. The molecule has 2 heterocycles. The Morgan fingerprint density at radius 3 is 2.42 bits per heavy atom. The summed E-state index contributed by atoms with van der Waals surface area (Å²) in [6.07, 6.45) is 8.32. The number of fused-ring (bicyclic) bond motifs is 2. The zero-order valence-electron chi connectivity index (χ0n) is 19.0. The summed E-state index contributed by atoms with van der Waals surface area (Å²) in [6, 6.07) is 14.6. The second-order valence-electron chi connectivity index (χ2n) is 9.42. The molecular formula is C27H31N3O3. The van der Waals surface area contributed by atoms with Crippen molar-refractivity contribution in [2.45, 2.75) is 70.0 Å². The summed E-state index contributed by atoms with van der Waals surface area (Å²) in [6.45, 7) is 0.875. The van der Waals surface area contributed by atoms with Crippen LogP contribution in [0.25, 0.3) is 0 Å². The van der Waals surface area contributed by atoms with Crippen LogP contribution < -0.4 is 10.2 Å². The van der Waals surface area contributed by atoms with Gasteiger partial charge in [-0.15, -0.1) is 0 Å². The van der Waals surface area contributed by atoms with Crippen LogP contribution in [0.2, 0.25) is 0 Å². The van der Waals surface area contributed by atoms with E-state index in [-0.39, 0.29) is 30.3 Å². The van der Waals surface area contributed by atoms with Crippen molar-refractivity contribution in [3.8, 4) is 0 Å². The van der Waals surface area contributed by atoms with Crippen LogP contribution in [0.3, 0.4) is 0 Å². The Morgan fingerprint density at radius 1 is 0.879 bits per heavy atom. The monoisotopic (exact) mass is 445 g/mol. The molecule has 5 rings (SSSR count). The second kappa shape index (κ2) is 9.38. The van der Waals surface area contributed by atoms with E-state index in [2.05, 4.69) is 5.32 Å². The van der Waals surface area contributed by atoms with Crippen molar-refractivity contribution >= 4 is 23.4 Å². The van der Waals surface area contributed by atoms with Crippen molar-refractivity contribution in [2.75, 3.05) is 11.4 Å². The highest BCUT2D eigenvalue weighted by molar-refractivity contribution is 6.11. The summed E-state index contributed by atoms with van der Waals surface area (Å²) in [5, 5.41) is 3.23. The molecule has 33 heavy (non-hydrogen) atoms. The fourth-order valence-electron chi connectivity index (χ4n) is 5.51. The highest BCUT2D eigenvalue weighted by Crippen LogP contribution is 2.33. The van der Waals surface area contributed by atoms with Gasteiger partial charge in [0.15, 0.2) is 0 Å². The van der Waals surface area contributed by atoms with Crippen molar-refractivity contribution in [2.24, 2.45) is 0 Å². The number of carbonyl (C=O) groups excluding carboxylic acids is 3. The van der Waals surface area contributed by atoms with Crippen molar-refractivity contribution in [3.05, 3.63) is 65.2 Å². The molecule has 1 saturated carbocycles. The molecule has 2 aromatic rings. The van der Waals surface area contributed by atoms with Gasteiger partial charge in [0.05, 0.1) is 17.8 Å². The first-order chi connectivity index (χ1) is 16.1. The summed E-state index contributed by atoms with van der Waals surface area (Å²) in [5.41, 5.74) is 2.58. The van der Waals surface area contributed by atoms with Gasteiger partial charge in [0, 0.05) is 18.2 Å². The summed E-state index contributed by atoms with van der Waals surface area (Å²) >= 11 is 0. The lowest BCUT2D eigenvalue weighted by atomic mass is 10.0. The van der Waals surface area contributed by atoms with Crippen LogP contribution in [0.4, 0.5) is 5.69 Å². The Labute approximate surface area is 194 Å². The molecule has 0 radical (unpaired) electrons. The van der Waals surface area contributed by atoms with Gasteiger partial charge in [-0.05, 0) is 49.4 Å². The third kappa shape index (κ3) is 4.26. The zero-order chi connectivity index (χ0) is 22.8. The Balaban J connectivity index is 1.45. The molecule has 1 N–H and O–H groups in total. The van der Waals surface area contributed by atoms with Gasteiger partial charge in [0.25, 0.3) is 11.8 Å². The smallest absolute Gasteiger partial charge is 0.256 e. The van der Waals surface area contributed by atoms with E-state index in [1.54, 1.807) is 15.9 Å². The van der Waals surface area contributed by atoms with E-state index < -0.39 is 6.04 Å². The van der Waals surface area contributed by atoms with Gasteiger partial charge in [-0.1, -0.05) is 56.0 Å². The van der Waals surface area contributed by atoms with Crippen molar-refractivity contribution in [1.29, 1.82) is 0 Å². The number of hydrogen-bond donors (Lipinski definition) is 1. The number of amides is 3. The first-order valence-corrected chi connectivity index (χ1v) is 12.2. The molecule has 2 aliphatic heterocycles. The molecule has 0 spiro atoms. The van der Waals surface area contributed by atoms with Gasteiger partial charge in [-0.2, -0.15) is 0 Å². The number of carbonyl (C=O) groups is 3. The lowest BCUT2D eigenvalue weighted by Gasteiger charge is -2.27. The van der Waals surface area contributed by atoms with Crippen LogP contribution in [0.15, 0.2) is 48.5 Å². The molecule has 2 fully saturated rings. The minimum Gasteiger partial charge on any atom is -0.349 e. The average Bonchev–Trinajstić information content (AvgIpc) is 3.16. The third-order valence-electron chi connectivity index (χ3n) is 7.27. The zero-order valence-corrected chi connectivity index (χ0v) is 19.0. The van der Waals surface area contributed by atoms with E-state index in [9.17, 15) is 14.4 Å². The second-order valence-corrected chi connectivity index (χ2v) is 9.42. The molecule has 0 bridgehead atoms. The highest BCUT2D eigenvalue weighted by atomic mass is 16.2. The number of para-hydroxylation sites is 1. The number of rotatable bonds is 4. The predicted molar refractivity (Wildman–Crippen MR) is 127 cm³/mol. The van der Waals surface area contributed by atoms with E-state index in [0.29, 0.717) is 29.8 Å². The van der Waals surface area contributed by atoms with Gasteiger partial charge in [-0.25, -0.2) is 0 Å². The van der Waals surface area contributed by atoms with Crippen molar-refractivity contribution in [1.82, 2.24) is 10.2 Å². The fraction of sp³-hybridized carbons (Fsp3) is 0.444. The van der Waals surface area contributed by atoms with Crippen molar-refractivity contribution in [3.63, 3.8) is 0 Å². The summed E-state index contributed by atoms with van der Waals surface area (Å²) < 4.78 is 0. The summed E-state index contributed by atoms with van der Waals surface area (Å²) in [5.74, 6) is -0.222. The van der Waals surface area contributed by atoms with Crippen LogP contribution in [0.1, 0.15) is 77.6 Å². The third-order valence-corrected chi connectivity index (χ3v) is 7.27. The summed E-state index contributed by atoms with van der Waals surface area (Å²) in [4.78, 5) is 43.4. The van der Waals surface area contributed by atoms with Gasteiger partial charge in [0.2, 0.25) is 5.91 Å². The van der Waals surface area contributed by atoms with E-state index in [0.717, 1.165) is 37.7 Å². The van der Waals surface area contributed by atoms with Crippen LogP contribution in [-0.4, -0.2) is 41.2 Å². The molecule has 1 atom stereocenters. The molecule has 0 aromatic heterocycles. The molecule has 3 aliphatic rings. The number of anilines is 1. The molecule has 2 aromatic carbocycles. The maximum Gasteiger partial charge on any atom is 0.256 e. The first kappa shape index (κ1) is 21.7. The molecule has 0 unspecified atom stereocenters. The lowest BCUT2D eigenvalue weighted by molar-refractivity contribution is -0.122. The predicted octanol–water partition coefficient (Wildman–Crippen LogP) is 4.29. The standard InChI is InChI=1S/C27H31N3O3/c31-25(28-20-11-3-1-2-4-12-20)21-13-6-5-10-19(21)18-30-23-15-8-7-14-22(23)26(32)29-17-9-16-24(29)27(30)33/h5-8,10,13-15,20,24H,1-4,9,11-12,16-18H2,(H,28,31)/t24-/m1/s1. The van der Waals surface area contributed by atoms with Gasteiger partial charge >= 0.3 is 0 Å². The topological polar surface area (TPSA) is 69.7 Å². The lowest BCUT2D eigenvalue weighted by Crippen LogP contribution is -2.44. The van der Waals surface area contributed by atoms with Crippen LogP contribution >= 0.6 is 0 Å². The molecule has 172 valence electrons. The molecule has 6 heteroatoms. The van der Waals surface area contributed by atoms with E-state index in [4.69, 9.17) is 0 Å².